The number of alkyl halides is 3. The molecule has 0 aromatic heterocycles. The molecule has 0 aliphatic carbocycles. The van der Waals surface area contributed by atoms with Crippen molar-refractivity contribution >= 4 is 29.5 Å². The van der Waals surface area contributed by atoms with Crippen molar-refractivity contribution in [1.29, 1.82) is 0 Å². The van der Waals surface area contributed by atoms with Gasteiger partial charge in [0.05, 0.1) is 5.02 Å². The highest BCUT2D eigenvalue weighted by molar-refractivity contribution is 6.33. The van der Waals surface area contributed by atoms with Crippen molar-refractivity contribution in [2.24, 2.45) is 17.3 Å². The van der Waals surface area contributed by atoms with Crippen molar-refractivity contribution in [3.63, 3.8) is 0 Å². The number of anilines is 1. The lowest BCUT2D eigenvalue weighted by molar-refractivity contribution is -0.285. The summed E-state index contributed by atoms with van der Waals surface area (Å²) in [5, 5.41) is 10.9. The fourth-order valence-corrected chi connectivity index (χ4v) is 5.33. The van der Waals surface area contributed by atoms with E-state index in [1.165, 1.54) is 25.7 Å². The highest BCUT2D eigenvalue weighted by Gasteiger charge is 2.67. The topological polar surface area (TPSA) is 60.9 Å². The number of carbonyl (C=O) groups is 2. The standard InChI is InChI=1S/C24H32ClF3N2O3/c1-22(2,3)23(33,24(26,27)28)21(32)30-12-8-17(9-13-30)16-6-10-29(11-7-16)19-5-4-18(15-31)20(25)14-19/h4-5,14-17,33H,6-13H2,1-3H3. The molecular formula is C24H32ClF3N2O3. The van der Waals surface area contributed by atoms with Gasteiger partial charge in [0, 0.05) is 42.8 Å². The molecule has 9 heteroatoms. The van der Waals surface area contributed by atoms with Crippen LogP contribution in [0.25, 0.3) is 0 Å². The molecule has 2 aliphatic heterocycles. The van der Waals surface area contributed by atoms with Crippen molar-refractivity contribution in [3.05, 3.63) is 28.8 Å². The number of carbonyl (C=O) groups excluding carboxylic acids is 2. The summed E-state index contributed by atoms with van der Waals surface area (Å²) >= 11 is 6.15. The highest BCUT2D eigenvalue weighted by atomic mass is 35.5. The Balaban J connectivity index is 1.57. The van der Waals surface area contributed by atoms with Crippen LogP contribution in [0.1, 0.15) is 56.8 Å². The van der Waals surface area contributed by atoms with E-state index in [9.17, 15) is 27.9 Å². The zero-order valence-electron chi connectivity index (χ0n) is 19.3. The second-order valence-corrected chi connectivity index (χ2v) is 10.6. The van der Waals surface area contributed by atoms with Gasteiger partial charge in [-0.15, -0.1) is 0 Å². The Kier molecular flexibility index (Phi) is 7.39. The zero-order chi connectivity index (χ0) is 24.6. The minimum atomic E-state index is -5.04. The zero-order valence-corrected chi connectivity index (χ0v) is 20.0. The second-order valence-electron chi connectivity index (χ2n) is 10.2. The smallest absolute Gasteiger partial charge is 0.372 e. The molecule has 33 heavy (non-hydrogen) atoms. The SMILES string of the molecule is CC(C)(C)C(O)(C(=O)N1CCC(C2CCN(c3ccc(C=O)c(Cl)c3)CC2)CC1)C(F)(F)F. The van der Waals surface area contributed by atoms with Crippen LogP contribution < -0.4 is 4.90 Å². The van der Waals surface area contributed by atoms with Crippen LogP contribution in [0.2, 0.25) is 5.02 Å². The van der Waals surface area contributed by atoms with Crippen LogP contribution in [-0.4, -0.2) is 60.2 Å². The van der Waals surface area contributed by atoms with Crippen molar-refractivity contribution < 1.29 is 27.9 Å². The molecule has 3 rings (SSSR count). The van der Waals surface area contributed by atoms with E-state index in [-0.39, 0.29) is 13.1 Å². The lowest BCUT2D eigenvalue weighted by Crippen LogP contribution is -2.65. The molecule has 184 valence electrons. The minimum Gasteiger partial charge on any atom is -0.372 e. The Morgan fingerprint density at radius 1 is 1.03 bits per heavy atom. The third-order valence-corrected chi connectivity index (χ3v) is 7.64. The van der Waals surface area contributed by atoms with Gasteiger partial charge < -0.3 is 14.9 Å². The van der Waals surface area contributed by atoms with Gasteiger partial charge in [-0.3, -0.25) is 9.59 Å². The molecule has 0 bridgehead atoms. The monoisotopic (exact) mass is 488 g/mol. The number of nitrogens with zero attached hydrogens (tertiary/aromatic N) is 2. The molecular weight excluding hydrogens is 457 g/mol. The number of rotatable bonds is 4. The van der Waals surface area contributed by atoms with Gasteiger partial charge in [0.2, 0.25) is 5.60 Å². The first-order valence-corrected chi connectivity index (χ1v) is 11.8. The first-order valence-electron chi connectivity index (χ1n) is 11.4. The second kappa shape index (κ2) is 9.45. The third-order valence-electron chi connectivity index (χ3n) is 7.31. The molecule has 1 N–H and O–H groups in total. The summed E-state index contributed by atoms with van der Waals surface area (Å²) in [6, 6.07) is 5.40. The Hall–Kier alpha value is -1.80. The van der Waals surface area contributed by atoms with Crippen LogP contribution >= 0.6 is 11.6 Å². The van der Waals surface area contributed by atoms with E-state index in [0.29, 0.717) is 35.3 Å². The molecule has 0 saturated carbocycles. The Bertz CT molecular complexity index is 855. The molecule has 2 saturated heterocycles. The third kappa shape index (κ3) is 5.02. The van der Waals surface area contributed by atoms with Gasteiger partial charge in [0.1, 0.15) is 0 Å². The number of aldehydes is 1. The van der Waals surface area contributed by atoms with Crippen molar-refractivity contribution in [2.75, 3.05) is 31.1 Å². The van der Waals surface area contributed by atoms with Gasteiger partial charge >= 0.3 is 6.18 Å². The molecule has 1 aromatic rings. The molecule has 0 radical (unpaired) electrons. The number of likely N-dealkylation sites (tertiary alicyclic amines) is 1. The molecule has 2 fully saturated rings. The fourth-order valence-electron chi connectivity index (χ4n) is 5.11. The van der Waals surface area contributed by atoms with Gasteiger partial charge in [-0.25, -0.2) is 0 Å². The lowest BCUT2D eigenvalue weighted by atomic mass is 9.74. The minimum absolute atomic E-state index is 0.223. The van der Waals surface area contributed by atoms with Crippen LogP contribution in [0.4, 0.5) is 18.9 Å². The van der Waals surface area contributed by atoms with E-state index in [1.807, 2.05) is 6.07 Å². The number of hydrogen-bond donors (Lipinski definition) is 1. The van der Waals surface area contributed by atoms with Gasteiger partial charge in [0.15, 0.2) is 6.29 Å². The van der Waals surface area contributed by atoms with Crippen LogP contribution in [0.5, 0.6) is 0 Å². The van der Waals surface area contributed by atoms with E-state index in [2.05, 4.69) is 4.90 Å². The van der Waals surface area contributed by atoms with E-state index in [0.717, 1.165) is 37.9 Å². The van der Waals surface area contributed by atoms with Crippen molar-refractivity contribution in [2.45, 2.75) is 58.2 Å². The number of halogens is 4. The Labute approximate surface area is 197 Å². The summed E-state index contributed by atoms with van der Waals surface area (Å²) in [5.41, 5.74) is -3.64. The van der Waals surface area contributed by atoms with Gasteiger partial charge in [0.25, 0.3) is 5.91 Å². The van der Waals surface area contributed by atoms with Gasteiger partial charge in [-0.05, 0) is 55.7 Å². The molecule has 1 aromatic carbocycles. The van der Waals surface area contributed by atoms with Crippen molar-refractivity contribution in [1.82, 2.24) is 4.90 Å². The number of aliphatic hydroxyl groups is 1. The summed E-state index contributed by atoms with van der Waals surface area (Å²) in [6.07, 6.45) is -1.16. The predicted molar refractivity (Wildman–Crippen MR) is 122 cm³/mol. The maximum absolute atomic E-state index is 13.7. The van der Waals surface area contributed by atoms with E-state index in [1.54, 1.807) is 12.1 Å². The molecule has 1 unspecified atom stereocenters. The van der Waals surface area contributed by atoms with Crippen LogP contribution in [-0.2, 0) is 4.79 Å². The first kappa shape index (κ1) is 25.8. The van der Waals surface area contributed by atoms with Gasteiger partial charge in [-0.1, -0.05) is 32.4 Å². The molecule has 2 heterocycles. The quantitative estimate of drug-likeness (QED) is 0.609. The molecule has 0 spiro atoms. The Morgan fingerprint density at radius 3 is 1.97 bits per heavy atom. The summed E-state index contributed by atoms with van der Waals surface area (Å²) in [4.78, 5) is 27.2. The van der Waals surface area contributed by atoms with Gasteiger partial charge in [-0.2, -0.15) is 13.2 Å². The number of hydrogen-bond acceptors (Lipinski definition) is 4. The maximum Gasteiger partial charge on any atom is 0.426 e. The average Bonchev–Trinajstić information content (AvgIpc) is 2.76. The largest absolute Gasteiger partial charge is 0.426 e. The lowest BCUT2D eigenvalue weighted by Gasteiger charge is -2.45. The van der Waals surface area contributed by atoms with E-state index in [4.69, 9.17) is 11.6 Å². The fraction of sp³-hybridized carbons (Fsp3) is 0.667. The summed E-state index contributed by atoms with van der Waals surface area (Å²) in [7, 11) is 0. The molecule has 1 amide bonds. The number of benzene rings is 1. The molecule has 2 aliphatic rings. The summed E-state index contributed by atoms with van der Waals surface area (Å²) < 4.78 is 41.1. The summed E-state index contributed by atoms with van der Waals surface area (Å²) in [5.74, 6) is -0.468. The van der Waals surface area contributed by atoms with E-state index < -0.39 is 23.1 Å². The molecule has 1 atom stereocenters. The normalized spacial score (nSPS) is 21.1. The van der Waals surface area contributed by atoms with Crippen LogP contribution in [0.3, 0.4) is 0 Å². The number of piperidine rings is 2. The molecule has 5 nitrogen and oxygen atoms in total. The van der Waals surface area contributed by atoms with E-state index >= 15 is 0 Å². The average molecular weight is 489 g/mol. The van der Waals surface area contributed by atoms with Crippen molar-refractivity contribution in [3.8, 4) is 0 Å². The van der Waals surface area contributed by atoms with Crippen LogP contribution in [0.15, 0.2) is 18.2 Å². The number of amides is 1. The Morgan fingerprint density at radius 2 is 1.55 bits per heavy atom. The summed E-state index contributed by atoms with van der Waals surface area (Å²) in [6.45, 7) is 5.81. The highest BCUT2D eigenvalue weighted by Crippen LogP contribution is 2.45. The maximum atomic E-state index is 13.7. The van der Waals surface area contributed by atoms with Crippen LogP contribution in [0, 0.1) is 17.3 Å². The predicted octanol–water partition coefficient (Wildman–Crippen LogP) is 4.95. The first-order chi connectivity index (χ1) is 15.3.